The second kappa shape index (κ2) is 9.21. The van der Waals surface area contributed by atoms with Gasteiger partial charge in [0.15, 0.2) is 0 Å². The average Bonchev–Trinajstić information content (AvgIpc) is 2.70. The Bertz CT molecular complexity index is 839. The maximum atomic E-state index is 12.9. The summed E-state index contributed by atoms with van der Waals surface area (Å²) >= 11 is 0. The number of carbonyl (C=O) groups excluding carboxylic acids is 2. The fourth-order valence-corrected chi connectivity index (χ4v) is 3.19. The van der Waals surface area contributed by atoms with Gasteiger partial charge in [0.2, 0.25) is 5.91 Å². The highest BCUT2D eigenvalue weighted by atomic mass is 19.1. The monoisotopic (exact) mass is 385 g/mol. The Balaban J connectivity index is 1.60. The molecule has 0 saturated carbocycles. The Hall–Kier alpha value is -3.09. The molecular weight excluding hydrogens is 361 g/mol. The number of methoxy groups -OCH3 is 1. The van der Waals surface area contributed by atoms with Crippen LogP contribution in [0, 0.1) is 5.82 Å². The van der Waals surface area contributed by atoms with Crippen LogP contribution in [0.5, 0.6) is 5.75 Å². The van der Waals surface area contributed by atoms with E-state index in [2.05, 4.69) is 10.6 Å². The van der Waals surface area contributed by atoms with Crippen LogP contribution >= 0.6 is 0 Å². The molecule has 0 atom stereocenters. The Morgan fingerprint density at radius 3 is 2.68 bits per heavy atom. The Kier molecular flexibility index (Phi) is 6.47. The molecule has 1 aliphatic heterocycles. The van der Waals surface area contributed by atoms with Gasteiger partial charge in [-0.3, -0.25) is 4.79 Å². The summed E-state index contributed by atoms with van der Waals surface area (Å²) in [6.45, 7) is 1.06. The lowest BCUT2D eigenvalue weighted by Gasteiger charge is -2.28. The van der Waals surface area contributed by atoms with Crippen LogP contribution < -0.4 is 20.3 Å². The van der Waals surface area contributed by atoms with Gasteiger partial charge in [-0.1, -0.05) is 12.1 Å². The van der Waals surface area contributed by atoms with Crippen LogP contribution in [-0.2, 0) is 11.2 Å². The van der Waals surface area contributed by atoms with Crippen molar-refractivity contribution in [2.45, 2.75) is 25.7 Å². The van der Waals surface area contributed by atoms with Gasteiger partial charge in [-0.2, -0.15) is 0 Å². The standard InChI is InChI=1S/C21H24FN3O3/c1-28-19-10-9-17(14-18(19)25-13-3-2-4-20(25)26)24-21(27)23-12-11-15-5-7-16(22)8-6-15/h5-10,14H,2-4,11-13H2,1H3,(H2,23,24,27). The van der Waals surface area contributed by atoms with Crippen LogP contribution in [0.15, 0.2) is 42.5 Å². The van der Waals surface area contributed by atoms with Gasteiger partial charge in [-0.15, -0.1) is 0 Å². The minimum Gasteiger partial charge on any atom is -0.495 e. The first-order chi connectivity index (χ1) is 13.6. The Morgan fingerprint density at radius 2 is 1.96 bits per heavy atom. The fourth-order valence-electron chi connectivity index (χ4n) is 3.19. The van der Waals surface area contributed by atoms with Gasteiger partial charge in [0.25, 0.3) is 0 Å². The van der Waals surface area contributed by atoms with Crippen molar-refractivity contribution < 1.29 is 18.7 Å². The van der Waals surface area contributed by atoms with Crippen LogP contribution in [0.2, 0.25) is 0 Å². The zero-order valence-corrected chi connectivity index (χ0v) is 15.8. The molecule has 2 N–H and O–H groups in total. The molecular formula is C21H24FN3O3. The van der Waals surface area contributed by atoms with Crippen molar-refractivity contribution in [3.05, 3.63) is 53.8 Å². The molecule has 1 saturated heterocycles. The molecule has 0 spiro atoms. The van der Waals surface area contributed by atoms with Gasteiger partial charge in [0, 0.05) is 25.2 Å². The van der Waals surface area contributed by atoms with E-state index in [1.54, 1.807) is 42.3 Å². The lowest BCUT2D eigenvalue weighted by molar-refractivity contribution is -0.119. The molecule has 0 radical (unpaired) electrons. The molecule has 0 bridgehead atoms. The number of nitrogens with zero attached hydrogens (tertiary/aromatic N) is 1. The van der Waals surface area contributed by atoms with Gasteiger partial charge in [0.1, 0.15) is 11.6 Å². The van der Waals surface area contributed by atoms with E-state index in [1.807, 2.05) is 0 Å². The molecule has 28 heavy (non-hydrogen) atoms. The van der Waals surface area contributed by atoms with Gasteiger partial charge in [-0.25, -0.2) is 9.18 Å². The second-order valence-electron chi connectivity index (χ2n) is 6.65. The van der Waals surface area contributed by atoms with E-state index in [-0.39, 0.29) is 17.8 Å². The average molecular weight is 385 g/mol. The number of nitrogens with one attached hydrogen (secondary N) is 2. The molecule has 2 aromatic rings. The zero-order chi connectivity index (χ0) is 19.9. The highest BCUT2D eigenvalue weighted by molar-refractivity contribution is 5.97. The molecule has 3 rings (SSSR count). The van der Waals surface area contributed by atoms with E-state index in [0.717, 1.165) is 18.4 Å². The molecule has 0 aliphatic carbocycles. The number of rotatable bonds is 6. The molecule has 6 nitrogen and oxygen atoms in total. The summed E-state index contributed by atoms with van der Waals surface area (Å²) in [5.74, 6) is 0.375. The lowest BCUT2D eigenvalue weighted by atomic mass is 10.1. The van der Waals surface area contributed by atoms with Gasteiger partial charge < -0.3 is 20.3 Å². The number of amides is 3. The van der Waals surface area contributed by atoms with Gasteiger partial charge >= 0.3 is 6.03 Å². The molecule has 148 valence electrons. The number of urea groups is 1. The fraction of sp³-hybridized carbons (Fsp3) is 0.333. The van der Waals surface area contributed by atoms with Crippen LogP contribution in [0.25, 0.3) is 0 Å². The summed E-state index contributed by atoms with van der Waals surface area (Å²) in [6.07, 6.45) is 2.96. The molecule has 1 fully saturated rings. The van der Waals surface area contributed by atoms with Crippen LogP contribution in [-0.4, -0.2) is 32.1 Å². The molecule has 0 aromatic heterocycles. The van der Waals surface area contributed by atoms with Crippen molar-refractivity contribution in [1.82, 2.24) is 5.32 Å². The van der Waals surface area contributed by atoms with Crippen molar-refractivity contribution >= 4 is 23.3 Å². The number of piperidine rings is 1. The van der Waals surface area contributed by atoms with E-state index in [4.69, 9.17) is 4.74 Å². The number of hydrogen-bond acceptors (Lipinski definition) is 3. The quantitative estimate of drug-likeness (QED) is 0.796. The largest absolute Gasteiger partial charge is 0.495 e. The number of hydrogen-bond donors (Lipinski definition) is 2. The molecule has 1 heterocycles. The third kappa shape index (κ3) is 5.00. The lowest BCUT2D eigenvalue weighted by Crippen LogP contribution is -2.35. The number of halogens is 1. The molecule has 2 aromatic carbocycles. The van der Waals surface area contributed by atoms with Crippen molar-refractivity contribution in [1.29, 1.82) is 0 Å². The maximum absolute atomic E-state index is 12.9. The Morgan fingerprint density at radius 1 is 1.18 bits per heavy atom. The van der Waals surface area contributed by atoms with Crippen LogP contribution in [0.4, 0.5) is 20.6 Å². The minimum atomic E-state index is -0.344. The molecule has 0 unspecified atom stereocenters. The predicted octanol–water partition coefficient (Wildman–Crippen LogP) is 3.72. The van der Waals surface area contributed by atoms with Crippen molar-refractivity contribution in [2.75, 3.05) is 30.4 Å². The number of anilines is 2. The van der Waals surface area contributed by atoms with E-state index in [0.29, 0.717) is 43.1 Å². The third-order valence-electron chi connectivity index (χ3n) is 4.66. The summed E-state index contributed by atoms with van der Waals surface area (Å²) in [5.41, 5.74) is 2.18. The Labute approximate surface area is 163 Å². The van der Waals surface area contributed by atoms with Crippen molar-refractivity contribution in [3.63, 3.8) is 0 Å². The van der Waals surface area contributed by atoms with E-state index in [1.165, 1.54) is 12.1 Å². The van der Waals surface area contributed by atoms with E-state index in [9.17, 15) is 14.0 Å². The van der Waals surface area contributed by atoms with E-state index >= 15 is 0 Å². The first-order valence-corrected chi connectivity index (χ1v) is 9.34. The van der Waals surface area contributed by atoms with Crippen LogP contribution in [0.3, 0.4) is 0 Å². The topological polar surface area (TPSA) is 70.7 Å². The summed E-state index contributed by atoms with van der Waals surface area (Å²) in [7, 11) is 1.56. The first kappa shape index (κ1) is 19.7. The normalized spacial score (nSPS) is 13.9. The van der Waals surface area contributed by atoms with Crippen molar-refractivity contribution in [3.8, 4) is 5.75 Å². The minimum absolute atomic E-state index is 0.0606. The highest BCUT2D eigenvalue weighted by Gasteiger charge is 2.23. The van der Waals surface area contributed by atoms with Crippen LogP contribution in [0.1, 0.15) is 24.8 Å². The summed E-state index contributed by atoms with van der Waals surface area (Å²) < 4.78 is 18.3. The van der Waals surface area contributed by atoms with Gasteiger partial charge in [0.05, 0.1) is 12.8 Å². The maximum Gasteiger partial charge on any atom is 0.319 e. The number of benzene rings is 2. The SMILES string of the molecule is COc1ccc(NC(=O)NCCc2ccc(F)cc2)cc1N1CCCCC1=O. The van der Waals surface area contributed by atoms with E-state index < -0.39 is 0 Å². The van der Waals surface area contributed by atoms with Gasteiger partial charge in [-0.05, 0) is 55.2 Å². The summed E-state index contributed by atoms with van der Waals surface area (Å²) in [6, 6.07) is 11.1. The predicted molar refractivity (Wildman–Crippen MR) is 106 cm³/mol. The number of ether oxygens (including phenoxy) is 1. The number of carbonyl (C=O) groups is 2. The molecule has 3 amide bonds. The summed E-state index contributed by atoms with van der Waals surface area (Å²) in [4.78, 5) is 26.1. The smallest absolute Gasteiger partial charge is 0.319 e. The summed E-state index contributed by atoms with van der Waals surface area (Å²) in [5, 5.41) is 5.55. The first-order valence-electron chi connectivity index (χ1n) is 9.34. The highest BCUT2D eigenvalue weighted by Crippen LogP contribution is 2.33. The van der Waals surface area contributed by atoms with Crippen molar-refractivity contribution in [2.24, 2.45) is 0 Å². The molecule has 1 aliphatic rings. The second-order valence-corrected chi connectivity index (χ2v) is 6.65. The third-order valence-corrected chi connectivity index (χ3v) is 4.66. The molecule has 7 heteroatoms. The zero-order valence-electron chi connectivity index (χ0n) is 15.8.